The summed E-state index contributed by atoms with van der Waals surface area (Å²) in [5, 5.41) is 13.5. The molecule has 1 aliphatic heterocycles. The van der Waals surface area contributed by atoms with Crippen LogP contribution in [0.5, 0.6) is 0 Å². The maximum Gasteiger partial charge on any atom is 0.317 e. The Balaban J connectivity index is 1.47. The Bertz CT molecular complexity index is 501. The van der Waals surface area contributed by atoms with Crippen LogP contribution in [-0.2, 0) is 0 Å². The van der Waals surface area contributed by atoms with Crippen molar-refractivity contribution >= 4 is 6.03 Å². The summed E-state index contributed by atoms with van der Waals surface area (Å²) < 4.78 is 0. The third-order valence-corrected chi connectivity index (χ3v) is 5.37. The molecule has 4 nitrogen and oxygen atoms in total. The fraction of sp³-hybridized carbons (Fsp3) is 0.632. The summed E-state index contributed by atoms with van der Waals surface area (Å²) in [4.78, 5) is 14.3. The van der Waals surface area contributed by atoms with Crippen molar-refractivity contribution in [3.8, 4) is 0 Å². The molecule has 0 spiro atoms. The molecule has 2 fully saturated rings. The molecule has 0 aromatic heterocycles. The molecule has 3 rings (SSSR count). The number of carbonyl (C=O) groups excluding carboxylic acids is 1. The van der Waals surface area contributed by atoms with Crippen LogP contribution < -0.4 is 5.32 Å². The van der Waals surface area contributed by atoms with Crippen molar-refractivity contribution < 1.29 is 9.90 Å². The van der Waals surface area contributed by atoms with Crippen LogP contribution in [0.1, 0.15) is 56.6 Å². The number of urea groups is 1. The van der Waals surface area contributed by atoms with E-state index in [1.165, 1.54) is 19.3 Å². The second-order valence-electron chi connectivity index (χ2n) is 6.97. The van der Waals surface area contributed by atoms with Crippen LogP contribution in [0, 0.1) is 5.92 Å². The minimum absolute atomic E-state index is 0.0482. The maximum atomic E-state index is 12.4. The van der Waals surface area contributed by atoms with Crippen molar-refractivity contribution in [2.45, 2.75) is 57.1 Å². The van der Waals surface area contributed by atoms with Crippen molar-refractivity contribution in [3.63, 3.8) is 0 Å². The van der Waals surface area contributed by atoms with Crippen LogP contribution in [-0.4, -0.2) is 35.2 Å². The zero-order valence-corrected chi connectivity index (χ0v) is 13.8. The van der Waals surface area contributed by atoms with E-state index in [0.717, 1.165) is 43.8 Å². The number of amides is 2. The van der Waals surface area contributed by atoms with Crippen LogP contribution in [0.25, 0.3) is 0 Å². The number of nitrogens with one attached hydrogen (secondary N) is 1. The van der Waals surface area contributed by atoms with Gasteiger partial charge in [0.1, 0.15) is 0 Å². The van der Waals surface area contributed by atoms with Crippen molar-refractivity contribution in [3.05, 3.63) is 35.9 Å². The number of hydrogen-bond donors (Lipinski definition) is 2. The number of nitrogens with zero attached hydrogens (tertiary/aromatic N) is 1. The number of aliphatic hydroxyl groups excluding tert-OH is 1. The van der Waals surface area contributed by atoms with Gasteiger partial charge in [0.15, 0.2) is 0 Å². The van der Waals surface area contributed by atoms with Gasteiger partial charge in [0, 0.05) is 19.1 Å². The molecule has 0 radical (unpaired) electrons. The molecule has 1 heterocycles. The van der Waals surface area contributed by atoms with Gasteiger partial charge in [-0.15, -0.1) is 0 Å². The summed E-state index contributed by atoms with van der Waals surface area (Å²) in [6, 6.07) is 9.93. The molecule has 1 saturated heterocycles. The Kier molecular flexibility index (Phi) is 5.55. The Labute approximate surface area is 138 Å². The first-order valence-electron chi connectivity index (χ1n) is 9.01. The normalized spacial score (nSPS) is 22.7. The largest absolute Gasteiger partial charge is 0.388 e. The maximum absolute atomic E-state index is 12.4. The first-order chi connectivity index (χ1) is 11.2. The van der Waals surface area contributed by atoms with E-state index in [1.54, 1.807) is 0 Å². The van der Waals surface area contributed by atoms with Crippen LogP contribution >= 0.6 is 0 Å². The minimum atomic E-state index is -0.496. The van der Waals surface area contributed by atoms with Crippen LogP contribution in [0.4, 0.5) is 4.79 Å². The number of rotatable bonds is 6. The lowest BCUT2D eigenvalue weighted by molar-refractivity contribution is 0.126. The highest BCUT2D eigenvalue weighted by Crippen LogP contribution is 2.29. The average Bonchev–Trinajstić information content (AvgIpc) is 2.98. The minimum Gasteiger partial charge on any atom is -0.388 e. The first-order valence-corrected chi connectivity index (χ1v) is 9.01. The van der Waals surface area contributed by atoms with E-state index in [4.69, 9.17) is 0 Å². The Morgan fingerprint density at radius 3 is 2.70 bits per heavy atom. The third kappa shape index (κ3) is 4.25. The molecule has 2 amide bonds. The monoisotopic (exact) mass is 316 g/mol. The summed E-state index contributed by atoms with van der Waals surface area (Å²) in [5.41, 5.74) is 0.935. The predicted octanol–water partition coefficient (Wildman–Crippen LogP) is 3.47. The standard InChI is InChI=1S/C19H28N2O2/c22-18(16-8-2-1-3-9-16)14-17-10-5-13-21(17)19(23)20-12-11-15-6-4-7-15/h1-3,8-9,15,17-18,22H,4-7,10-14H2,(H,20,23). The highest BCUT2D eigenvalue weighted by Gasteiger charge is 2.30. The van der Waals surface area contributed by atoms with Crippen LogP contribution in [0.2, 0.25) is 0 Å². The van der Waals surface area contributed by atoms with Crippen LogP contribution in [0.3, 0.4) is 0 Å². The van der Waals surface area contributed by atoms with Gasteiger partial charge in [0.2, 0.25) is 0 Å². The van der Waals surface area contributed by atoms with E-state index >= 15 is 0 Å². The van der Waals surface area contributed by atoms with E-state index in [1.807, 2.05) is 35.2 Å². The summed E-state index contributed by atoms with van der Waals surface area (Å²) >= 11 is 0. The Hall–Kier alpha value is -1.55. The number of carbonyl (C=O) groups is 1. The molecule has 4 heteroatoms. The van der Waals surface area contributed by atoms with Gasteiger partial charge in [-0.05, 0) is 37.2 Å². The van der Waals surface area contributed by atoms with Crippen molar-refractivity contribution in [1.82, 2.24) is 10.2 Å². The van der Waals surface area contributed by atoms with E-state index < -0.39 is 6.10 Å². The van der Waals surface area contributed by atoms with E-state index in [0.29, 0.717) is 6.42 Å². The molecule has 2 N–H and O–H groups in total. The average molecular weight is 316 g/mol. The van der Waals surface area contributed by atoms with E-state index in [2.05, 4.69) is 5.32 Å². The van der Waals surface area contributed by atoms with Crippen LogP contribution in [0.15, 0.2) is 30.3 Å². The summed E-state index contributed by atoms with van der Waals surface area (Å²) in [5.74, 6) is 0.824. The lowest BCUT2D eigenvalue weighted by Gasteiger charge is -2.28. The summed E-state index contributed by atoms with van der Waals surface area (Å²) in [6.45, 7) is 1.59. The van der Waals surface area contributed by atoms with Gasteiger partial charge in [-0.3, -0.25) is 0 Å². The number of aliphatic hydroxyl groups is 1. The van der Waals surface area contributed by atoms with Gasteiger partial charge >= 0.3 is 6.03 Å². The van der Waals surface area contributed by atoms with Gasteiger partial charge in [-0.2, -0.15) is 0 Å². The highest BCUT2D eigenvalue weighted by atomic mass is 16.3. The lowest BCUT2D eigenvalue weighted by atomic mass is 9.83. The van der Waals surface area contributed by atoms with Gasteiger partial charge in [-0.25, -0.2) is 4.79 Å². The number of hydrogen-bond acceptors (Lipinski definition) is 2. The molecule has 1 aliphatic carbocycles. The van der Waals surface area contributed by atoms with E-state index in [-0.39, 0.29) is 12.1 Å². The fourth-order valence-electron chi connectivity index (χ4n) is 3.68. The van der Waals surface area contributed by atoms with Crippen molar-refractivity contribution in [1.29, 1.82) is 0 Å². The second kappa shape index (κ2) is 7.82. The molecule has 126 valence electrons. The quantitative estimate of drug-likeness (QED) is 0.844. The number of likely N-dealkylation sites (tertiary alicyclic amines) is 1. The highest BCUT2D eigenvalue weighted by molar-refractivity contribution is 5.74. The Morgan fingerprint density at radius 1 is 1.22 bits per heavy atom. The second-order valence-corrected chi connectivity index (χ2v) is 6.97. The van der Waals surface area contributed by atoms with Gasteiger partial charge in [0.05, 0.1) is 6.10 Å². The van der Waals surface area contributed by atoms with Gasteiger partial charge < -0.3 is 15.3 Å². The molecule has 2 atom stereocenters. The van der Waals surface area contributed by atoms with Crippen molar-refractivity contribution in [2.75, 3.05) is 13.1 Å². The number of benzene rings is 1. The Morgan fingerprint density at radius 2 is 2.00 bits per heavy atom. The predicted molar refractivity (Wildman–Crippen MR) is 91.1 cm³/mol. The van der Waals surface area contributed by atoms with Crippen molar-refractivity contribution in [2.24, 2.45) is 5.92 Å². The zero-order valence-electron chi connectivity index (χ0n) is 13.8. The smallest absolute Gasteiger partial charge is 0.317 e. The molecule has 23 heavy (non-hydrogen) atoms. The molecule has 1 aromatic carbocycles. The molecule has 2 aliphatic rings. The molecular formula is C19H28N2O2. The molecule has 0 bridgehead atoms. The topological polar surface area (TPSA) is 52.6 Å². The molecule has 2 unspecified atom stereocenters. The SMILES string of the molecule is O=C(NCCC1CCC1)N1CCCC1CC(O)c1ccccc1. The van der Waals surface area contributed by atoms with E-state index in [9.17, 15) is 9.90 Å². The molecular weight excluding hydrogens is 288 g/mol. The van der Waals surface area contributed by atoms with Gasteiger partial charge in [0.25, 0.3) is 0 Å². The van der Waals surface area contributed by atoms with Gasteiger partial charge in [-0.1, -0.05) is 49.6 Å². The lowest BCUT2D eigenvalue weighted by Crippen LogP contribution is -2.44. The zero-order chi connectivity index (χ0) is 16.1. The summed E-state index contributed by atoms with van der Waals surface area (Å²) in [7, 11) is 0. The third-order valence-electron chi connectivity index (χ3n) is 5.37. The molecule has 1 saturated carbocycles. The fourth-order valence-corrected chi connectivity index (χ4v) is 3.68. The first kappa shape index (κ1) is 16.3. The molecule has 1 aromatic rings. The summed E-state index contributed by atoms with van der Waals surface area (Å²) in [6.07, 6.45) is 7.25.